The SMILES string of the molecule is CCOc1ccccc1CCC(=O)Nc1sc2c(c1N)CCC(COC(=O)NCCn1cnc(C)c1)C2. The Morgan fingerprint density at radius 2 is 2.14 bits per heavy atom. The first-order valence-corrected chi connectivity index (χ1v) is 13.5. The molecule has 198 valence electrons. The van der Waals surface area contributed by atoms with Crippen molar-refractivity contribution in [3.8, 4) is 5.75 Å². The molecule has 2 heterocycles. The monoisotopic (exact) mass is 525 g/mol. The molecule has 10 heteroatoms. The number of nitrogens with two attached hydrogens (primary N) is 1. The Bertz CT molecular complexity index is 1220. The number of anilines is 2. The predicted molar refractivity (Wildman–Crippen MR) is 145 cm³/mol. The molecule has 1 unspecified atom stereocenters. The van der Waals surface area contributed by atoms with Gasteiger partial charge in [0.05, 0.1) is 30.9 Å². The minimum Gasteiger partial charge on any atom is -0.494 e. The van der Waals surface area contributed by atoms with Crippen LogP contribution in [0, 0.1) is 12.8 Å². The van der Waals surface area contributed by atoms with Crippen LogP contribution in [-0.2, 0) is 35.3 Å². The number of rotatable bonds is 11. The molecule has 1 aromatic carbocycles. The maximum Gasteiger partial charge on any atom is 0.407 e. The van der Waals surface area contributed by atoms with E-state index in [0.717, 1.165) is 46.7 Å². The topological polar surface area (TPSA) is 121 Å². The van der Waals surface area contributed by atoms with Gasteiger partial charge in [-0.05, 0) is 62.6 Å². The van der Waals surface area contributed by atoms with Crippen molar-refractivity contribution in [3.63, 3.8) is 0 Å². The van der Waals surface area contributed by atoms with Crippen LogP contribution in [0.5, 0.6) is 5.75 Å². The maximum atomic E-state index is 12.7. The Balaban J connectivity index is 1.22. The van der Waals surface area contributed by atoms with Crippen molar-refractivity contribution in [3.05, 3.63) is 58.5 Å². The number of fused-ring (bicyclic) bond motifs is 1. The van der Waals surface area contributed by atoms with Crippen molar-refractivity contribution in [2.24, 2.45) is 5.92 Å². The number of nitrogens with one attached hydrogen (secondary N) is 2. The summed E-state index contributed by atoms with van der Waals surface area (Å²) in [5.74, 6) is 0.976. The summed E-state index contributed by atoms with van der Waals surface area (Å²) in [6.45, 7) is 5.94. The number of carbonyl (C=O) groups excluding carboxylic acids is 2. The van der Waals surface area contributed by atoms with E-state index in [1.54, 1.807) is 6.33 Å². The van der Waals surface area contributed by atoms with Gasteiger partial charge in [-0.2, -0.15) is 0 Å². The Morgan fingerprint density at radius 3 is 2.92 bits per heavy atom. The van der Waals surface area contributed by atoms with Gasteiger partial charge < -0.3 is 30.4 Å². The van der Waals surface area contributed by atoms with E-state index < -0.39 is 6.09 Å². The maximum absolute atomic E-state index is 12.7. The number of alkyl carbamates (subject to hydrolysis) is 1. The second kappa shape index (κ2) is 12.6. The van der Waals surface area contributed by atoms with E-state index in [-0.39, 0.29) is 11.8 Å². The number of benzene rings is 1. The third-order valence-corrected chi connectivity index (χ3v) is 7.59. The Labute approximate surface area is 221 Å². The van der Waals surface area contributed by atoms with Crippen molar-refractivity contribution in [2.75, 3.05) is 30.8 Å². The number of nitrogen functional groups attached to an aromatic ring is 1. The van der Waals surface area contributed by atoms with Crippen LogP contribution in [0.4, 0.5) is 15.5 Å². The molecule has 37 heavy (non-hydrogen) atoms. The third-order valence-electron chi connectivity index (χ3n) is 6.41. The van der Waals surface area contributed by atoms with Gasteiger partial charge in [-0.25, -0.2) is 9.78 Å². The van der Waals surface area contributed by atoms with Gasteiger partial charge in [0.1, 0.15) is 10.8 Å². The summed E-state index contributed by atoms with van der Waals surface area (Å²) in [4.78, 5) is 30.1. The Kier molecular flexibility index (Phi) is 9.05. The zero-order chi connectivity index (χ0) is 26.2. The van der Waals surface area contributed by atoms with Gasteiger partial charge in [-0.3, -0.25) is 4.79 Å². The van der Waals surface area contributed by atoms with Crippen LogP contribution in [0.2, 0.25) is 0 Å². The van der Waals surface area contributed by atoms with E-state index in [9.17, 15) is 9.59 Å². The number of amides is 2. The van der Waals surface area contributed by atoms with Crippen molar-refractivity contribution in [1.82, 2.24) is 14.9 Å². The van der Waals surface area contributed by atoms with Crippen molar-refractivity contribution < 1.29 is 19.1 Å². The molecule has 4 rings (SSSR count). The molecule has 2 amide bonds. The fraction of sp³-hybridized carbons (Fsp3) is 0.444. The number of hydrogen-bond donors (Lipinski definition) is 3. The van der Waals surface area contributed by atoms with E-state index in [1.165, 1.54) is 11.3 Å². The van der Waals surface area contributed by atoms with E-state index in [1.807, 2.05) is 48.9 Å². The molecule has 1 aliphatic carbocycles. The minimum atomic E-state index is -0.410. The zero-order valence-electron chi connectivity index (χ0n) is 21.4. The predicted octanol–water partition coefficient (Wildman–Crippen LogP) is 4.34. The number of thiophene rings is 1. The first-order chi connectivity index (χ1) is 17.9. The molecule has 4 N–H and O–H groups in total. The summed E-state index contributed by atoms with van der Waals surface area (Å²) in [7, 11) is 0. The summed E-state index contributed by atoms with van der Waals surface area (Å²) < 4.78 is 13.0. The molecule has 2 aromatic heterocycles. The number of aromatic nitrogens is 2. The van der Waals surface area contributed by atoms with Gasteiger partial charge in [0, 0.05) is 30.6 Å². The number of nitrogens with zero attached hydrogens (tertiary/aromatic N) is 2. The summed E-state index contributed by atoms with van der Waals surface area (Å²) in [5.41, 5.74) is 10.1. The number of ether oxygens (including phenoxy) is 2. The highest BCUT2D eigenvalue weighted by atomic mass is 32.1. The molecule has 0 radical (unpaired) electrons. The normalized spacial score (nSPS) is 14.6. The quantitative estimate of drug-likeness (QED) is 0.343. The highest BCUT2D eigenvalue weighted by Gasteiger charge is 2.26. The van der Waals surface area contributed by atoms with Crippen LogP contribution >= 0.6 is 11.3 Å². The van der Waals surface area contributed by atoms with E-state index in [2.05, 4.69) is 15.6 Å². The fourth-order valence-corrected chi connectivity index (χ4v) is 5.78. The number of aryl methyl sites for hydroxylation is 2. The van der Waals surface area contributed by atoms with Crippen LogP contribution in [0.3, 0.4) is 0 Å². The van der Waals surface area contributed by atoms with Crippen molar-refractivity contribution in [1.29, 1.82) is 0 Å². The number of carbonyl (C=O) groups is 2. The summed E-state index contributed by atoms with van der Waals surface area (Å²) in [6.07, 6.45) is 6.68. The van der Waals surface area contributed by atoms with Gasteiger partial charge in [0.25, 0.3) is 0 Å². The first-order valence-electron chi connectivity index (χ1n) is 12.7. The van der Waals surface area contributed by atoms with Crippen LogP contribution in [0.25, 0.3) is 0 Å². The lowest BCUT2D eigenvalue weighted by molar-refractivity contribution is -0.116. The summed E-state index contributed by atoms with van der Waals surface area (Å²) >= 11 is 1.53. The highest BCUT2D eigenvalue weighted by Crippen LogP contribution is 2.41. The van der Waals surface area contributed by atoms with E-state index in [0.29, 0.717) is 49.8 Å². The summed E-state index contributed by atoms with van der Waals surface area (Å²) in [6, 6.07) is 7.79. The first kappa shape index (κ1) is 26.5. The number of hydrogen-bond acceptors (Lipinski definition) is 7. The molecule has 0 fully saturated rings. The highest BCUT2D eigenvalue weighted by molar-refractivity contribution is 7.17. The average molecular weight is 526 g/mol. The van der Waals surface area contributed by atoms with Crippen LogP contribution in [-0.4, -0.2) is 41.3 Å². The van der Waals surface area contributed by atoms with Gasteiger partial charge >= 0.3 is 6.09 Å². The Morgan fingerprint density at radius 1 is 1.30 bits per heavy atom. The lowest BCUT2D eigenvalue weighted by Gasteiger charge is -2.22. The molecule has 0 bridgehead atoms. The van der Waals surface area contributed by atoms with E-state index in [4.69, 9.17) is 15.2 Å². The molecule has 1 aliphatic rings. The molecule has 3 aromatic rings. The van der Waals surface area contributed by atoms with Crippen LogP contribution in [0.1, 0.15) is 41.5 Å². The van der Waals surface area contributed by atoms with Gasteiger partial charge in [0.15, 0.2) is 0 Å². The molecule has 0 saturated heterocycles. The van der Waals surface area contributed by atoms with Gasteiger partial charge in [-0.15, -0.1) is 11.3 Å². The third kappa shape index (κ3) is 7.25. The minimum absolute atomic E-state index is 0.0704. The van der Waals surface area contributed by atoms with Gasteiger partial charge in [-0.1, -0.05) is 18.2 Å². The van der Waals surface area contributed by atoms with Gasteiger partial charge in [0.2, 0.25) is 5.91 Å². The van der Waals surface area contributed by atoms with Crippen LogP contribution in [0.15, 0.2) is 36.8 Å². The molecule has 9 nitrogen and oxygen atoms in total. The molecule has 0 spiro atoms. The lowest BCUT2D eigenvalue weighted by atomic mass is 9.89. The Hall–Kier alpha value is -3.53. The van der Waals surface area contributed by atoms with Crippen molar-refractivity contribution >= 4 is 34.0 Å². The van der Waals surface area contributed by atoms with Crippen LogP contribution < -0.4 is 21.1 Å². The summed E-state index contributed by atoms with van der Waals surface area (Å²) in [5, 5.41) is 6.50. The fourth-order valence-electron chi connectivity index (χ4n) is 4.48. The molecule has 0 saturated carbocycles. The largest absolute Gasteiger partial charge is 0.494 e. The second-order valence-corrected chi connectivity index (χ2v) is 10.3. The second-order valence-electron chi connectivity index (χ2n) is 9.22. The molecular formula is C27H35N5O4S. The zero-order valence-corrected chi connectivity index (χ0v) is 22.2. The number of para-hydroxylation sites is 1. The van der Waals surface area contributed by atoms with Crippen molar-refractivity contribution in [2.45, 2.75) is 52.5 Å². The standard InChI is InChI=1S/C27H35N5O4S/c1-3-35-22-7-5-4-6-20(22)9-11-24(33)31-26-25(28)21-10-8-19(14-23(21)37-26)16-36-27(34)29-12-13-32-15-18(2)30-17-32/h4-7,15,17,19H,3,8-14,16,28H2,1-2H3,(H,29,34)(H,31,33). The average Bonchev–Trinajstić information content (AvgIpc) is 3.44. The van der Waals surface area contributed by atoms with E-state index >= 15 is 0 Å². The number of imidazole rings is 1. The smallest absolute Gasteiger partial charge is 0.407 e. The molecule has 0 aliphatic heterocycles. The molecule has 1 atom stereocenters. The lowest BCUT2D eigenvalue weighted by Crippen LogP contribution is -2.30. The molecular weight excluding hydrogens is 490 g/mol.